The topological polar surface area (TPSA) is 52.7 Å². The summed E-state index contributed by atoms with van der Waals surface area (Å²) in [7, 11) is 0. The van der Waals surface area contributed by atoms with E-state index in [1.807, 2.05) is 4.90 Å². The lowest BCUT2D eigenvalue weighted by molar-refractivity contribution is -0.0128. The van der Waals surface area contributed by atoms with Crippen molar-refractivity contribution < 1.29 is 5.11 Å². The Labute approximate surface area is 61.2 Å². The van der Waals surface area contributed by atoms with Gasteiger partial charge in [0.05, 0.1) is 0 Å². The molecule has 1 saturated heterocycles. The third-order valence-corrected chi connectivity index (χ3v) is 1.88. The van der Waals surface area contributed by atoms with Crippen LogP contribution in [-0.4, -0.2) is 47.4 Å². The minimum absolute atomic E-state index is 0.325. The molecule has 0 amide bonds. The molecule has 1 atom stereocenters. The highest BCUT2D eigenvalue weighted by molar-refractivity contribution is 4.67. The van der Waals surface area contributed by atoms with Gasteiger partial charge in [-0.05, 0) is 6.92 Å². The first-order valence-corrected chi connectivity index (χ1v) is 3.62. The van der Waals surface area contributed by atoms with Gasteiger partial charge in [0, 0.05) is 26.2 Å². The van der Waals surface area contributed by atoms with E-state index in [4.69, 9.17) is 10.9 Å². The van der Waals surface area contributed by atoms with Gasteiger partial charge in [0.15, 0.2) is 0 Å². The van der Waals surface area contributed by atoms with Gasteiger partial charge in [-0.3, -0.25) is 10.7 Å². The van der Waals surface area contributed by atoms with Crippen LogP contribution in [0.3, 0.4) is 0 Å². The molecule has 0 aliphatic carbocycles. The Bertz CT molecular complexity index is 99.2. The Balaban J connectivity index is 2.26. The second-order valence-corrected chi connectivity index (χ2v) is 2.70. The predicted octanol–water partition coefficient (Wildman–Crippen LogP) is -1.18. The summed E-state index contributed by atoms with van der Waals surface area (Å²) in [6.07, 6.45) is -0.325. The summed E-state index contributed by atoms with van der Waals surface area (Å²) in [5.41, 5.74) is 0. The van der Waals surface area contributed by atoms with Crippen molar-refractivity contribution in [1.82, 2.24) is 9.91 Å². The molecular weight excluding hydrogens is 130 g/mol. The molecule has 1 heterocycles. The van der Waals surface area contributed by atoms with Crippen LogP contribution in [0.15, 0.2) is 0 Å². The highest BCUT2D eigenvalue weighted by Gasteiger charge is 2.16. The molecule has 60 valence electrons. The summed E-state index contributed by atoms with van der Waals surface area (Å²) >= 11 is 0. The van der Waals surface area contributed by atoms with Crippen molar-refractivity contribution in [2.75, 3.05) is 26.2 Å². The van der Waals surface area contributed by atoms with E-state index >= 15 is 0 Å². The fraction of sp³-hybridized carbons (Fsp3) is 1.00. The van der Waals surface area contributed by atoms with Crippen molar-refractivity contribution in [3.63, 3.8) is 0 Å². The standard InChI is InChI=1S/C6H15N3O/c1-6(10)8-2-4-9(7)5-3-8/h6,10H,2-5,7H2,1H3. The SMILES string of the molecule is CC(O)N1CCN(N)CC1. The first-order chi connectivity index (χ1) is 4.70. The summed E-state index contributed by atoms with van der Waals surface area (Å²) in [6.45, 7) is 5.23. The molecule has 4 heteroatoms. The average molecular weight is 145 g/mol. The van der Waals surface area contributed by atoms with E-state index in [1.165, 1.54) is 0 Å². The Morgan fingerprint density at radius 1 is 1.30 bits per heavy atom. The molecule has 0 spiro atoms. The lowest BCUT2D eigenvalue weighted by Gasteiger charge is -2.33. The molecule has 0 aromatic carbocycles. The van der Waals surface area contributed by atoms with E-state index in [0.717, 1.165) is 26.2 Å². The molecule has 0 saturated carbocycles. The van der Waals surface area contributed by atoms with E-state index in [9.17, 15) is 0 Å². The number of hydrogen-bond donors (Lipinski definition) is 2. The Kier molecular flexibility index (Phi) is 2.62. The zero-order valence-electron chi connectivity index (χ0n) is 6.32. The molecule has 4 nitrogen and oxygen atoms in total. The lowest BCUT2D eigenvalue weighted by Crippen LogP contribution is -2.51. The van der Waals surface area contributed by atoms with Crippen molar-refractivity contribution in [3.05, 3.63) is 0 Å². The quantitative estimate of drug-likeness (QED) is 0.456. The van der Waals surface area contributed by atoms with Gasteiger partial charge in [-0.25, -0.2) is 5.01 Å². The molecule has 0 bridgehead atoms. The number of aliphatic hydroxyl groups excluding tert-OH is 1. The van der Waals surface area contributed by atoms with E-state index in [0.29, 0.717) is 0 Å². The molecule has 0 aromatic rings. The van der Waals surface area contributed by atoms with Gasteiger partial charge in [-0.2, -0.15) is 0 Å². The van der Waals surface area contributed by atoms with Crippen LogP contribution in [0.5, 0.6) is 0 Å². The number of piperazine rings is 1. The Hall–Kier alpha value is -0.160. The number of hydrazine groups is 1. The van der Waals surface area contributed by atoms with Crippen molar-refractivity contribution in [2.45, 2.75) is 13.2 Å². The maximum Gasteiger partial charge on any atom is 0.104 e. The predicted molar refractivity (Wildman–Crippen MR) is 39.0 cm³/mol. The van der Waals surface area contributed by atoms with E-state index in [-0.39, 0.29) is 6.23 Å². The molecule has 1 rings (SSSR count). The summed E-state index contributed by atoms with van der Waals surface area (Å²) in [6, 6.07) is 0. The van der Waals surface area contributed by atoms with Crippen molar-refractivity contribution in [2.24, 2.45) is 5.84 Å². The fourth-order valence-electron chi connectivity index (χ4n) is 1.11. The van der Waals surface area contributed by atoms with Gasteiger partial charge in [-0.1, -0.05) is 0 Å². The third-order valence-electron chi connectivity index (χ3n) is 1.88. The normalized spacial score (nSPS) is 26.7. The first kappa shape index (κ1) is 7.94. The molecule has 0 radical (unpaired) electrons. The van der Waals surface area contributed by atoms with Crippen LogP contribution < -0.4 is 5.84 Å². The van der Waals surface area contributed by atoms with Crippen LogP contribution in [0, 0.1) is 0 Å². The number of nitrogens with zero attached hydrogens (tertiary/aromatic N) is 2. The van der Waals surface area contributed by atoms with Crippen molar-refractivity contribution >= 4 is 0 Å². The molecule has 1 aliphatic heterocycles. The minimum atomic E-state index is -0.325. The van der Waals surface area contributed by atoms with Crippen LogP contribution in [0.25, 0.3) is 0 Å². The van der Waals surface area contributed by atoms with Crippen LogP contribution in [0.2, 0.25) is 0 Å². The molecule has 1 aliphatic rings. The fourth-order valence-corrected chi connectivity index (χ4v) is 1.11. The summed E-state index contributed by atoms with van der Waals surface area (Å²) in [5, 5.41) is 10.9. The van der Waals surface area contributed by atoms with E-state index < -0.39 is 0 Å². The van der Waals surface area contributed by atoms with Gasteiger partial charge in [-0.15, -0.1) is 0 Å². The number of nitrogens with two attached hydrogens (primary N) is 1. The monoisotopic (exact) mass is 145 g/mol. The molecule has 3 N–H and O–H groups in total. The number of rotatable bonds is 1. The van der Waals surface area contributed by atoms with Gasteiger partial charge in [0.2, 0.25) is 0 Å². The van der Waals surface area contributed by atoms with Crippen LogP contribution in [0.4, 0.5) is 0 Å². The largest absolute Gasteiger partial charge is 0.379 e. The summed E-state index contributed by atoms with van der Waals surface area (Å²) in [4.78, 5) is 2.00. The second-order valence-electron chi connectivity index (χ2n) is 2.70. The van der Waals surface area contributed by atoms with Crippen LogP contribution in [0.1, 0.15) is 6.92 Å². The Morgan fingerprint density at radius 2 is 1.80 bits per heavy atom. The minimum Gasteiger partial charge on any atom is -0.379 e. The summed E-state index contributed by atoms with van der Waals surface area (Å²) < 4.78 is 0. The third kappa shape index (κ3) is 1.91. The highest BCUT2D eigenvalue weighted by atomic mass is 16.3. The molecular formula is C6H15N3O. The summed E-state index contributed by atoms with van der Waals surface area (Å²) in [5.74, 6) is 5.52. The smallest absolute Gasteiger partial charge is 0.104 e. The molecule has 1 unspecified atom stereocenters. The first-order valence-electron chi connectivity index (χ1n) is 3.62. The van der Waals surface area contributed by atoms with Gasteiger partial charge >= 0.3 is 0 Å². The van der Waals surface area contributed by atoms with Gasteiger partial charge in [0.1, 0.15) is 6.23 Å². The zero-order valence-corrected chi connectivity index (χ0v) is 6.32. The molecule has 1 fully saturated rings. The van der Waals surface area contributed by atoms with Crippen LogP contribution >= 0.6 is 0 Å². The molecule has 10 heavy (non-hydrogen) atoms. The van der Waals surface area contributed by atoms with Crippen molar-refractivity contribution in [1.29, 1.82) is 0 Å². The number of hydrogen-bond acceptors (Lipinski definition) is 4. The number of aliphatic hydroxyl groups is 1. The highest BCUT2D eigenvalue weighted by Crippen LogP contribution is 2.00. The second kappa shape index (κ2) is 3.30. The van der Waals surface area contributed by atoms with Crippen LogP contribution in [-0.2, 0) is 0 Å². The molecule has 0 aromatic heterocycles. The van der Waals surface area contributed by atoms with Gasteiger partial charge < -0.3 is 5.11 Å². The van der Waals surface area contributed by atoms with E-state index in [2.05, 4.69) is 0 Å². The lowest BCUT2D eigenvalue weighted by atomic mass is 10.3. The average Bonchev–Trinajstić information content (AvgIpc) is 1.88. The Morgan fingerprint density at radius 3 is 2.20 bits per heavy atom. The maximum absolute atomic E-state index is 9.13. The van der Waals surface area contributed by atoms with Crippen molar-refractivity contribution in [3.8, 4) is 0 Å². The zero-order chi connectivity index (χ0) is 7.56. The maximum atomic E-state index is 9.13. The van der Waals surface area contributed by atoms with E-state index in [1.54, 1.807) is 11.9 Å². The van der Waals surface area contributed by atoms with Gasteiger partial charge in [0.25, 0.3) is 0 Å².